The number of methoxy groups -OCH3 is 1. The molecule has 0 bridgehead atoms. The normalized spacial score (nSPS) is 10.9. The van der Waals surface area contributed by atoms with Crippen LogP contribution in [-0.4, -0.2) is 26.2 Å². The number of aryl methyl sites for hydroxylation is 1. The van der Waals surface area contributed by atoms with Gasteiger partial charge in [-0.15, -0.1) is 11.3 Å². The van der Waals surface area contributed by atoms with Crippen molar-refractivity contribution < 1.29 is 9.53 Å². The molecule has 0 aliphatic heterocycles. The Labute approximate surface area is 123 Å². The quantitative estimate of drug-likeness (QED) is 0.791. The number of benzene rings is 1. The highest BCUT2D eigenvalue weighted by Crippen LogP contribution is 2.32. The number of amides is 1. The number of hydrogen-bond donors (Lipinski definition) is 1. The van der Waals surface area contributed by atoms with Crippen molar-refractivity contribution in [2.45, 2.75) is 26.2 Å². The first kappa shape index (κ1) is 15.0. The SMILES string of the molecule is CCCc1c(C(=O)NCCCOC)sc2ccccc12. The van der Waals surface area contributed by atoms with Gasteiger partial charge in [-0.2, -0.15) is 0 Å². The summed E-state index contributed by atoms with van der Waals surface area (Å²) in [7, 11) is 1.67. The Hall–Kier alpha value is -1.39. The molecule has 0 saturated carbocycles. The number of rotatable bonds is 7. The maximum Gasteiger partial charge on any atom is 0.261 e. The van der Waals surface area contributed by atoms with E-state index in [1.807, 2.05) is 12.1 Å². The van der Waals surface area contributed by atoms with Gasteiger partial charge in [-0.3, -0.25) is 4.79 Å². The number of carbonyl (C=O) groups is 1. The molecule has 0 aliphatic rings. The summed E-state index contributed by atoms with van der Waals surface area (Å²) in [6, 6.07) is 8.25. The highest BCUT2D eigenvalue weighted by atomic mass is 32.1. The van der Waals surface area contributed by atoms with Crippen LogP contribution < -0.4 is 5.32 Å². The zero-order chi connectivity index (χ0) is 14.4. The molecule has 0 radical (unpaired) electrons. The number of thiophene rings is 1. The Morgan fingerprint density at radius 3 is 2.90 bits per heavy atom. The van der Waals surface area contributed by atoms with E-state index in [1.54, 1.807) is 18.4 Å². The second-order valence-corrected chi connectivity index (χ2v) is 5.81. The first-order valence-electron chi connectivity index (χ1n) is 7.05. The van der Waals surface area contributed by atoms with Gasteiger partial charge < -0.3 is 10.1 Å². The van der Waals surface area contributed by atoms with Crippen LogP contribution in [0.15, 0.2) is 24.3 Å². The molecule has 0 aliphatic carbocycles. The van der Waals surface area contributed by atoms with Crippen LogP contribution in [0.3, 0.4) is 0 Å². The molecule has 2 aromatic rings. The fourth-order valence-electron chi connectivity index (χ4n) is 2.28. The fourth-order valence-corrected chi connectivity index (χ4v) is 3.45. The van der Waals surface area contributed by atoms with E-state index in [4.69, 9.17) is 4.74 Å². The van der Waals surface area contributed by atoms with Crippen LogP contribution in [-0.2, 0) is 11.2 Å². The number of fused-ring (bicyclic) bond motifs is 1. The zero-order valence-corrected chi connectivity index (χ0v) is 12.9. The number of hydrogen-bond acceptors (Lipinski definition) is 3. The van der Waals surface area contributed by atoms with Gasteiger partial charge in [0.25, 0.3) is 5.91 Å². The highest BCUT2D eigenvalue weighted by molar-refractivity contribution is 7.21. The van der Waals surface area contributed by atoms with Crippen molar-refractivity contribution in [2.24, 2.45) is 0 Å². The smallest absolute Gasteiger partial charge is 0.261 e. The third-order valence-electron chi connectivity index (χ3n) is 3.22. The molecule has 3 nitrogen and oxygen atoms in total. The topological polar surface area (TPSA) is 38.3 Å². The van der Waals surface area contributed by atoms with Crippen LogP contribution in [0.4, 0.5) is 0 Å². The van der Waals surface area contributed by atoms with E-state index in [1.165, 1.54) is 15.6 Å². The summed E-state index contributed by atoms with van der Waals surface area (Å²) < 4.78 is 6.18. The van der Waals surface area contributed by atoms with E-state index in [9.17, 15) is 4.79 Å². The lowest BCUT2D eigenvalue weighted by Crippen LogP contribution is -2.25. The van der Waals surface area contributed by atoms with Crippen molar-refractivity contribution in [3.05, 3.63) is 34.7 Å². The number of nitrogens with one attached hydrogen (secondary N) is 1. The van der Waals surface area contributed by atoms with Crippen molar-refractivity contribution in [3.63, 3.8) is 0 Å². The standard InChI is InChI=1S/C16H21NO2S/c1-3-7-13-12-8-4-5-9-14(12)20-15(13)16(18)17-10-6-11-19-2/h4-5,8-9H,3,6-7,10-11H2,1-2H3,(H,17,18). The van der Waals surface area contributed by atoms with Crippen LogP contribution in [0.2, 0.25) is 0 Å². The van der Waals surface area contributed by atoms with Crippen molar-refractivity contribution in [1.29, 1.82) is 0 Å². The highest BCUT2D eigenvalue weighted by Gasteiger charge is 2.16. The largest absolute Gasteiger partial charge is 0.385 e. The summed E-state index contributed by atoms with van der Waals surface area (Å²) in [6.07, 6.45) is 2.84. The molecule has 1 N–H and O–H groups in total. The molecule has 2 rings (SSSR count). The minimum absolute atomic E-state index is 0.0470. The second-order valence-electron chi connectivity index (χ2n) is 4.76. The summed E-state index contributed by atoms with van der Waals surface area (Å²) in [5.41, 5.74) is 1.19. The molecule has 20 heavy (non-hydrogen) atoms. The molecule has 0 fully saturated rings. The summed E-state index contributed by atoms with van der Waals surface area (Å²) in [5, 5.41) is 4.21. The fraction of sp³-hybridized carbons (Fsp3) is 0.438. The third kappa shape index (κ3) is 3.38. The molecule has 1 heterocycles. The maximum atomic E-state index is 12.3. The maximum absolute atomic E-state index is 12.3. The van der Waals surface area contributed by atoms with Crippen molar-refractivity contribution >= 4 is 27.3 Å². The summed E-state index contributed by atoms with van der Waals surface area (Å²) in [4.78, 5) is 13.2. The van der Waals surface area contributed by atoms with Crippen LogP contribution in [0.1, 0.15) is 35.0 Å². The average Bonchev–Trinajstić information content (AvgIpc) is 2.83. The van der Waals surface area contributed by atoms with E-state index in [0.29, 0.717) is 13.2 Å². The van der Waals surface area contributed by atoms with Crippen molar-refractivity contribution in [3.8, 4) is 0 Å². The van der Waals surface area contributed by atoms with Crippen LogP contribution in [0.5, 0.6) is 0 Å². The lowest BCUT2D eigenvalue weighted by Gasteiger charge is -2.05. The molecule has 108 valence electrons. The predicted octanol–water partition coefficient (Wildman–Crippen LogP) is 3.62. The molecule has 0 saturated heterocycles. The van der Waals surface area contributed by atoms with Gasteiger partial charge in [-0.25, -0.2) is 0 Å². The van der Waals surface area contributed by atoms with Gasteiger partial charge in [-0.1, -0.05) is 31.5 Å². The summed E-state index contributed by atoms with van der Waals surface area (Å²) >= 11 is 1.59. The van der Waals surface area contributed by atoms with Crippen molar-refractivity contribution in [2.75, 3.05) is 20.3 Å². The molecule has 0 atom stereocenters. The number of carbonyl (C=O) groups excluding carboxylic acids is 1. The van der Waals surface area contributed by atoms with Crippen LogP contribution in [0, 0.1) is 0 Å². The van der Waals surface area contributed by atoms with Gasteiger partial charge >= 0.3 is 0 Å². The molecule has 1 aromatic carbocycles. The molecule has 1 aromatic heterocycles. The lowest BCUT2D eigenvalue weighted by atomic mass is 10.1. The van der Waals surface area contributed by atoms with E-state index in [-0.39, 0.29) is 5.91 Å². The lowest BCUT2D eigenvalue weighted by molar-refractivity contribution is 0.0952. The summed E-state index contributed by atoms with van der Waals surface area (Å²) in [5.74, 6) is 0.0470. The Kier molecular flexibility index (Phi) is 5.56. The van der Waals surface area contributed by atoms with Crippen LogP contribution in [0.25, 0.3) is 10.1 Å². The Balaban J connectivity index is 2.19. The molecular weight excluding hydrogens is 270 g/mol. The third-order valence-corrected chi connectivity index (χ3v) is 4.43. The number of ether oxygens (including phenoxy) is 1. The minimum Gasteiger partial charge on any atom is -0.385 e. The average molecular weight is 291 g/mol. The summed E-state index contributed by atoms with van der Waals surface area (Å²) in [6.45, 7) is 3.48. The van der Waals surface area contributed by atoms with E-state index in [0.717, 1.165) is 24.1 Å². The first-order chi connectivity index (χ1) is 9.77. The van der Waals surface area contributed by atoms with E-state index in [2.05, 4.69) is 24.4 Å². The molecular formula is C16H21NO2S. The zero-order valence-electron chi connectivity index (χ0n) is 12.1. The molecule has 0 spiro atoms. The molecule has 4 heteroatoms. The van der Waals surface area contributed by atoms with Gasteiger partial charge in [0.15, 0.2) is 0 Å². The van der Waals surface area contributed by atoms with Gasteiger partial charge in [0.05, 0.1) is 4.88 Å². The van der Waals surface area contributed by atoms with Crippen molar-refractivity contribution in [1.82, 2.24) is 5.32 Å². The first-order valence-corrected chi connectivity index (χ1v) is 7.87. The van der Waals surface area contributed by atoms with Crippen LogP contribution >= 0.6 is 11.3 Å². The minimum atomic E-state index is 0.0470. The van der Waals surface area contributed by atoms with E-state index < -0.39 is 0 Å². The molecule has 1 amide bonds. The second kappa shape index (κ2) is 7.41. The van der Waals surface area contributed by atoms with Gasteiger partial charge in [0.1, 0.15) is 0 Å². The van der Waals surface area contributed by atoms with E-state index >= 15 is 0 Å². The molecule has 0 unspecified atom stereocenters. The monoisotopic (exact) mass is 291 g/mol. The van der Waals surface area contributed by atoms with Gasteiger partial charge in [0.2, 0.25) is 0 Å². The Bertz CT molecular complexity index is 577. The Morgan fingerprint density at radius 1 is 1.35 bits per heavy atom. The Morgan fingerprint density at radius 2 is 2.15 bits per heavy atom. The predicted molar refractivity (Wildman–Crippen MR) is 84.6 cm³/mol. The van der Waals surface area contributed by atoms with Gasteiger partial charge in [0, 0.05) is 25.0 Å². The van der Waals surface area contributed by atoms with Gasteiger partial charge in [-0.05, 0) is 29.9 Å².